The van der Waals surface area contributed by atoms with E-state index < -0.39 is 5.60 Å². The summed E-state index contributed by atoms with van der Waals surface area (Å²) in [5, 5.41) is 0. The predicted molar refractivity (Wildman–Crippen MR) is 69.8 cm³/mol. The van der Waals surface area contributed by atoms with Gasteiger partial charge in [-0.3, -0.25) is 0 Å². The molecule has 1 atom stereocenters. The number of piperidine rings is 1. The van der Waals surface area contributed by atoms with E-state index in [0.29, 0.717) is 18.4 Å². The first-order valence-corrected chi connectivity index (χ1v) is 6.63. The summed E-state index contributed by atoms with van der Waals surface area (Å²) in [6, 6.07) is 0. The maximum absolute atomic E-state index is 11.9. The Hall–Kier alpha value is -0.810. The molecule has 0 bridgehead atoms. The second-order valence-corrected chi connectivity index (χ2v) is 6.12. The van der Waals surface area contributed by atoms with E-state index in [4.69, 9.17) is 15.5 Å². The SMILES string of the molecule is CC(CON)C1CCN(C(=O)OC(C)(C)C)CC1. The molecule has 106 valence electrons. The topological polar surface area (TPSA) is 64.8 Å². The van der Waals surface area contributed by atoms with Gasteiger partial charge < -0.3 is 14.5 Å². The monoisotopic (exact) mass is 258 g/mol. The zero-order chi connectivity index (χ0) is 13.8. The fraction of sp³-hybridized carbons (Fsp3) is 0.923. The van der Waals surface area contributed by atoms with Gasteiger partial charge in [0.05, 0.1) is 6.61 Å². The van der Waals surface area contributed by atoms with E-state index in [-0.39, 0.29) is 6.09 Å². The van der Waals surface area contributed by atoms with Crippen molar-refractivity contribution in [3.05, 3.63) is 0 Å². The molecule has 1 aliphatic heterocycles. The molecule has 0 aromatic rings. The van der Waals surface area contributed by atoms with Crippen molar-refractivity contribution >= 4 is 6.09 Å². The number of carbonyl (C=O) groups excluding carboxylic acids is 1. The number of ether oxygens (including phenoxy) is 1. The highest BCUT2D eigenvalue weighted by molar-refractivity contribution is 5.68. The standard InChI is InChI=1S/C13H26N2O3/c1-10(9-17-14)11-5-7-15(8-6-11)12(16)18-13(2,3)4/h10-11H,5-9,14H2,1-4H3. The molecule has 1 heterocycles. The molecule has 1 unspecified atom stereocenters. The number of rotatable bonds is 3. The summed E-state index contributed by atoms with van der Waals surface area (Å²) >= 11 is 0. The molecule has 2 N–H and O–H groups in total. The molecule has 1 saturated heterocycles. The molecule has 5 heteroatoms. The molecular weight excluding hydrogens is 232 g/mol. The largest absolute Gasteiger partial charge is 0.444 e. The quantitative estimate of drug-likeness (QED) is 0.788. The second kappa shape index (κ2) is 6.38. The van der Waals surface area contributed by atoms with E-state index in [9.17, 15) is 4.79 Å². The Bertz CT molecular complexity index is 268. The van der Waals surface area contributed by atoms with Crippen LogP contribution in [-0.4, -0.2) is 36.3 Å². The summed E-state index contributed by atoms with van der Waals surface area (Å²) in [6.07, 6.45) is 1.77. The smallest absolute Gasteiger partial charge is 0.410 e. The molecule has 0 radical (unpaired) electrons. The maximum Gasteiger partial charge on any atom is 0.410 e. The van der Waals surface area contributed by atoms with Gasteiger partial charge in [0.15, 0.2) is 0 Å². The van der Waals surface area contributed by atoms with Gasteiger partial charge in [0, 0.05) is 13.1 Å². The number of likely N-dealkylation sites (tertiary alicyclic amines) is 1. The first-order chi connectivity index (χ1) is 8.33. The Morgan fingerprint density at radius 1 is 1.39 bits per heavy atom. The van der Waals surface area contributed by atoms with Gasteiger partial charge in [0.2, 0.25) is 0 Å². The van der Waals surface area contributed by atoms with Crippen molar-refractivity contribution in [1.82, 2.24) is 4.90 Å². The molecule has 1 amide bonds. The Morgan fingerprint density at radius 3 is 2.39 bits per heavy atom. The van der Waals surface area contributed by atoms with Crippen molar-refractivity contribution in [3.63, 3.8) is 0 Å². The number of amides is 1. The fourth-order valence-electron chi connectivity index (χ4n) is 2.27. The first kappa shape index (κ1) is 15.2. The van der Waals surface area contributed by atoms with Gasteiger partial charge in [0.25, 0.3) is 0 Å². The Morgan fingerprint density at radius 2 is 1.94 bits per heavy atom. The summed E-state index contributed by atoms with van der Waals surface area (Å²) in [4.78, 5) is 18.4. The molecule has 1 rings (SSSR count). The van der Waals surface area contributed by atoms with Crippen molar-refractivity contribution in [1.29, 1.82) is 0 Å². The van der Waals surface area contributed by atoms with E-state index >= 15 is 0 Å². The zero-order valence-corrected chi connectivity index (χ0v) is 11.9. The van der Waals surface area contributed by atoms with Gasteiger partial charge in [0.1, 0.15) is 5.60 Å². The molecule has 1 aliphatic rings. The third-order valence-electron chi connectivity index (χ3n) is 3.36. The average molecular weight is 258 g/mol. The van der Waals surface area contributed by atoms with Gasteiger partial charge in [-0.25, -0.2) is 10.7 Å². The van der Waals surface area contributed by atoms with Crippen LogP contribution in [0.1, 0.15) is 40.5 Å². The average Bonchev–Trinajstić information content (AvgIpc) is 2.27. The van der Waals surface area contributed by atoms with Crippen LogP contribution in [0.2, 0.25) is 0 Å². The third kappa shape index (κ3) is 4.82. The van der Waals surface area contributed by atoms with Crippen molar-refractivity contribution in [3.8, 4) is 0 Å². The van der Waals surface area contributed by atoms with E-state index in [1.54, 1.807) is 4.90 Å². The Labute approximate surface area is 110 Å². The first-order valence-electron chi connectivity index (χ1n) is 6.63. The number of nitrogens with two attached hydrogens (primary N) is 1. The van der Waals surface area contributed by atoms with Crippen LogP contribution < -0.4 is 5.90 Å². The van der Waals surface area contributed by atoms with E-state index in [0.717, 1.165) is 25.9 Å². The Balaban J connectivity index is 2.37. The summed E-state index contributed by atoms with van der Waals surface area (Å²) in [5.74, 6) is 6.11. The highest BCUT2D eigenvalue weighted by Crippen LogP contribution is 2.25. The summed E-state index contributed by atoms with van der Waals surface area (Å²) < 4.78 is 5.36. The molecular formula is C13H26N2O3. The molecule has 0 spiro atoms. The Kier molecular flexibility index (Phi) is 5.41. The number of hydrogen-bond acceptors (Lipinski definition) is 4. The maximum atomic E-state index is 11.9. The zero-order valence-electron chi connectivity index (χ0n) is 11.9. The molecule has 0 aliphatic carbocycles. The van der Waals surface area contributed by atoms with E-state index in [2.05, 4.69) is 6.92 Å². The van der Waals surface area contributed by atoms with Gasteiger partial charge in [-0.05, 0) is 45.4 Å². The number of hydrogen-bond donors (Lipinski definition) is 1. The van der Waals surface area contributed by atoms with Crippen LogP contribution in [0.15, 0.2) is 0 Å². The number of carbonyl (C=O) groups is 1. The molecule has 1 fully saturated rings. The molecule has 0 aromatic carbocycles. The number of nitrogens with zero attached hydrogens (tertiary/aromatic N) is 1. The van der Waals surface area contributed by atoms with Crippen LogP contribution in [0.25, 0.3) is 0 Å². The lowest BCUT2D eigenvalue weighted by molar-refractivity contribution is 0.0118. The van der Waals surface area contributed by atoms with Crippen molar-refractivity contribution < 1.29 is 14.4 Å². The molecule has 0 saturated carbocycles. The van der Waals surface area contributed by atoms with E-state index in [1.165, 1.54) is 0 Å². The van der Waals surface area contributed by atoms with Gasteiger partial charge in [-0.15, -0.1) is 0 Å². The minimum Gasteiger partial charge on any atom is -0.444 e. The summed E-state index contributed by atoms with van der Waals surface area (Å²) in [6.45, 7) is 9.90. The van der Waals surface area contributed by atoms with Crippen LogP contribution in [0, 0.1) is 11.8 Å². The van der Waals surface area contributed by atoms with Crippen molar-refractivity contribution in [2.45, 2.75) is 46.1 Å². The highest BCUT2D eigenvalue weighted by atomic mass is 16.6. The van der Waals surface area contributed by atoms with Crippen LogP contribution in [0.3, 0.4) is 0 Å². The van der Waals surface area contributed by atoms with Gasteiger partial charge >= 0.3 is 6.09 Å². The normalized spacial score (nSPS) is 19.7. The molecule has 18 heavy (non-hydrogen) atoms. The van der Waals surface area contributed by atoms with Crippen molar-refractivity contribution in [2.75, 3.05) is 19.7 Å². The van der Waals surface area contributed by atoms with Gasteiger partial charge in [-0.1, -0.05) is 6.92 Å². The third-order valence-corrected chi connectivity index (χ3v) is 3.36. The fourth-order valence-corrected chi connectivity index (χ4v) is 2.27. The van der Waals surface area contributed by atoms with E-state index in [1.807, 2.05) is 20.8 Å². The summed E-state index contributed by atoms with van der Waals surface area (Å²) in [5.41, 5.74) is -0.422. The van der Waals surface area contributed by atoms with Gasteiger partial charge in [-0.2, -0.15) is 0 Å². The minimum atomic E-state index is -0.422. The second-order valence-electron chi connectivity index (χ2n) is 6.12. The van der Waals surface area contributed by atoms with Crippen LogP contribution in [0.4, 0.5) is 4.79 Å². The van der Waals surface area contributed by atoms with Crippen LogP contribution in [-0.2, 0) is 9.57 Å². The van der Waals surface area contributed by atoms with Crippen LogP contribution >= 0.6 is 0 Å². The minimum absolute atomic E-state index is 0.205. The lowest BCUT2D eigenvalue weighted by Gasteiger charge is -2.35. The lowest BCUT2D eigenvalue weighted by atomic mass is 9.86. The molecule has 0 aromatic heterocycles. The lowest BCUT2D eigenvalue weighted by Crippen LogP contribution is -2.43. The predicted octanol–water partition coefficient (Wildman–Crippen LogP) is 2.16. The molecule has 5 nitrogen and oxygen atoms in total. The van der Waals surface area contributed by atoms with Crippen LogP contribution in [0.5, 0.6) is 0 Å². The summed E-state index contributed by atoms with van der Waals surface area (Å²) in [7, 11) is 0. The van der Waals surface area contributed by atoms with Crippen molar-refractivity contribution in [2.24, 2.45) is 17.7 Å². The highest BCUT2D eigenvalue weighted by Gasteiger charge is 2.28.